The lowest BCUT2D eigenvalue weighted by molar-refractivity contribution is -0.0363. The Morgan fingerprint density at radius 1 is 1.19 bits per heavy atom. The Bertz CT molecular complexity index is 452. The third kappa shape index (κ3) is 4.44. The second-order valence-corrected chi connectivity index (χ2v) is 5.41. The van der Waals surface area contributed by atoms with Crippen LogP contribution in [0.25, 0.3) is 0 Å². The van der Waals surface area contributed by atoms with Gasteiger partial charge >= 0.3 is 7.12 Å². The molecule has 1 aliphatic carbocycles. The molecule has 0 amide bonds. The van der Waals surface area contributed by atoms with Crippen molar-refractivity contribution in [1.82, 2.24) is 0 Å². The largest absolute Gasteiger partial charge is 0.497 e. The molecular formula is C15H23BO5. The molecule has 2 N–H and O–H groups in total. The Morgan fingerprint density at radius 2 is 1.95 bits per heavy atom. The smallest absolute Gasteiger partial charge is 0.492 e. The van der Waals surface area contributed by atoms with Gasteiger partial charge in [-0.3, -0.25) is 0 Å². The Balaban J connectivity index is 1.95. The zero-order valence-corrected chi connectivity index (χ0v) is 12.6. The fourth-order valence-electron chi connectivity index (χ4n) is 2.76. The highest BCUT2D eigenvalue weighted by Crippen LogP contribution is 2.24. The summed E-state index contributed by atoms with van der Waals surface area (Å²) in [5, 5.41) is 18.7. The number of methoxy groups -OCH3 is 2. The van der Waals surface area contributed by atoms with Crippen molar-refractivity contribution in [1.29, 1.82) is 0 Å². The van der Waals surface area contributed by atoms with Crippen LogP contribution in [0.15, 0.2) is 18.2 Å². The van der Waals surface area contributed by atoms with Crippen LogP contribution in [0.5, 0.6) is 5.75 Å². The molecule has 0 radical (unpaired) electrons. The van der Waals surface area contributed by atoms with Crippen LogP contribution in [0.3, 0.4) is 0 Å². The summed E-state index contributed by atoms with van der Waals surface area (Å²) in [7, 11) is 1.70. The highest BCUT2D eigenvalue weighted by atomic mass is 16.5. The minimum absolute atomic E-state index is 0.202. The molecule has 0 saturated heterocycles. The monoisotopic (exact) mass is 294 g/mol. The molecule has 0 bridgehead atoms. The molecule has 1 aliphatic rings. The molecule has 21 heavy (non-hydrogen) atoms. The number of rotatable bonds is 6. The second kappa shape index (κ2) is 7.80. The van der Waals surface area contributed by atoms with E-state index in [1.54, 1.807) is 19.2 Å². The lowest BCUT2D eigenvalue weighted by Crippen LogP contribution is -2.32. The molecule has 0 aromatic heterocycles. The van der Waals surface area contributed by atoms with E-state index in [-0.39, 0.29) is 12.2 Å². The van der Waals surface area contributed by atoms with E-state index in [1.807, 2.05) is 6.07 Å². The maximum atomic E-state index is 9.36. The molecule has 1 aromatic carbocycles. The summed E-state index contributed by atoms with van der Waals surface area (Å²) in [6, 6.07) is 5.31. The molecule has 1 fully saturated rings. The minimum atomic E-state index is -1.55. The topological polar surface area (TPSA) is 68.2 Å². The Morgan fingerprint density at radius 3 is 2.62 bits per heavy atom. The first kappa shape index (κ1) is 16.3. The quantitative estimate of drug-likeness (QED) is 0.761. The first-order valence-corrected chi connectivity index (χ1v) is 7.31. The second-order valence-electron chi connectivity index (χ2n) is 5.41. The van der Waals surface area contributed by atoms with Crippen LogP contribution in [0.1, 0.15) is 31.2 Å². The number of benzene rings is 1. The van der Waals surface area contributed by atoms with Crippen molar-refractivity contribution in [2.75, 3.05) is 14.2 Å². The van der Waals surface area contributed by atoms with Gasteiger partial charge in [0, 0.05) is 12.6 Å². The van der Waals surface area contributed by atoms with Gasteiger partial charge in [0.25, 0.3) is 0 Å². The molecule has 1 saturated carbocycles. The minimum Gasteiger partial charge on any atom is -0.497 e. The van der Waals surface area contributed by atoms with E-state index in [1.165, 1.54) is 7.11 Å². The maximum Gasteiger partial charge on any atom is 0.492 e. The maximum absolute atomic E-state index is 9.36. The SMILES string of the molecule is COc1ccc(COC2CCCC(OC)C2)cc1B(O)O. The van der Waals surface area contributed by atoms with Gasteiger partial charge in [-0.2, -0.15) is 0 Å². The summed E-state index contributed by atoms with van der Waals surface area (Å²) in [4.78, 5) is 0. The van der Waals surface area contributed by atoms with Gasteiger partial charge in [0.1, 0.15) is 5.75 Å². The van der Waals surface area contributed by atoms with Crippen molar-refractivity contribution >= 4 is 12.6 Å². The van der Waals surface area contributed by atoms with Crippen LogP contribution >= 0.6 is 0 Å². The van der Waals surface area contributed by atoms with Gasteiger partial charge in [0.05, 0.1) is 25.9 Å². The summed E-state index contributed by atoms with van der Waals surface area (Å²) < 4.78 is 16.4. The van der Waals surface area contributed by atoms with E-state index in [0.717, 1.165) is 31.2 Å². The van der Waals surface area contributed by atoms with E-state index in [0.29, 0.717) is 17.8 Å². The molecule has 2 rings (SSSR count). The predicted molar refractivity (Wildman–Crippen MR) is 80.7 cm³/mol. The zero-order valence-electron chi connectivity index (χ0n) is 12.6. The van der Waals surface area contributed by atoms with E-state index >= 15 is 0 Å². The zero-order chi connectivity index (χ0) is 15.2. The Labute approximate surface area is 126 Å². The highest BCUT2D eigenvalue weighted by Gasteiger charge is 2.22. The first-order valence-electron chi connectivity index (χ1n) is 7.31. The lowest BCUT2D eigenvalue weighted by atomic mass is 9.79. The number of hydrogen-bond donors (Lipinski definition) is 2. The summed E-state index contributed by atoms with van der Waals surface area (Å²) in [5.74, 6) is 0.464. The summed E-state index contributed by atoms with van der Waals surface area (Å²) >= 11 is 0. The fourth-order valence-corrected chi connectivity index (χ4v) is 2.76. The molecule has 6 heteroatoms. The molecule has 2 atom stereocenters. The van der Waals surface area contributed by atoms with Gasteiger partial charge in [-0.15, -0.1) is 0 Å². The van der Waals surface area contributed by atoms with Gasteiger partial charge in [-0.25, -0.2) is 0 Å². The van der Waals surface area contributed by atoms with E-state index < -0.39 is 7.12 Å². The number of ether oxygens (including phenoxy) is 3. The fraction of sp³-hybridized carbons (Fsp3) is 0.600. The van der Waals surface area contributed by atoms with Crippen LogP contribution in [-0.4, -0.2) is 43.6 Å². The Kier molecular flexibility index (Phi) is 6.05. The average molecular weight is 294 g/mol. The van der Waals surface area contributed by atoms with Crippen LogP contribution in [-0.2, 0) is 16.1 Å². The standard InChI is InChI=1S/C15H23BO5/c1-19-12-4-3-5-13(9-12)21-10-11-6-7-15(20-2)14(8-11)16(17)18/h6-8,12-13,17-18H,3-5,9-10H2,1-2H3. The van der Waals surface area contributed by atoms with Crippen molar-refractivity contribution in [2.45, 2.75) is 44.5 Å². The summed E-state index contributed by atoms with van der Waals surface area (Å²) in [6.07, 6.45) is 4.67. The van der Waals surface area contributed by atoms with E-state index in [2.05, 4.69) is 0 Å². The van der Waals surface area contributed by atoms with Crippen LogP contribution in [0, 0.1) is 0 Å². The third-order valence-corrected chi connectivity index (χ3v) is 3.97. The van der Waals surface area contributed by atoms with Crippen molar-refractivity contribution in [3.63, 3.8) is 0 Å². The number of hydrogen-bond acceptors (Lipinski definition) is 5. The van der Waals surface area contributed by atoms with Gasteiger partial charge in [0.15, 0.2) is 0 Å². The van der Waals surface area contributed by atoms with Crippen LogP contribution < -0.4 is 10.2 Å². The molecule has 0 spiro atoms. The van der Waals surface area contributed by atoms with Gasteiger partial charge in [-0.05, 0) is 37.3 Å². The molecule has 0 heterocycles. The van der Waals surface area contributed by atoms with Crippen molar-refractivity contribution in [3.05, 3.63) is 23.8 Å². The third-order valence-electron chi connectivity index (χ3n) is 3.97. The molecular weight excluding hydrogens is 271 g/mol. The lowest BCUT2D eigenvalue weighted by Gasteiger charge is -2.28. The average Bonchev–Trinajstić information content (AvgIpc) is 2.52. The summed E-state index contributed by atoms with van der Waals surface area (Å²) in [5.41, 5.74) is 1.26. The predicted octanol–water partition coefficient (Wildman–Crippen LogP) is 0.849. The summed E-state index contributed by atoms with van der Waals surface area (Å²) in [6.45, 7) is 0.449. The molecule has 5 nitrogen and oxygen atoms in total. The van der Waals surface area contributed by atoms with E-state index in [4.69, 9.17) is 14.2 Å². The van der Waals surface area contributed by atoms with Gasteiger partial charge in [0.2, 0.25) is 0 Å². The van der Waals surface area contributed by atoms with Crippen LogP contribution in [0.4, 0.5) is 0 Å². The Hall–Kier alpha value is -1.08. The van der Waals surface area contributed by atoms with Crippen molar-refractivity contribution in [2.24, 2.45) is 0 Å². The molecule has 0 aliphatic heterocycles. The van der Waals surface area contributed by atoms with Gasteiger partial charge in [-0.1, -0.05) is 12.1 Å². The van der Waals surface area contributed by atoms with Gasteiger partial charge < -0.3 is 24.3 Å². The molecule has 116 valence electrons. The highest BCUT2D eigenvalue weighted by molar-refractivity contribution is 6.59. The van der Waals surface area contributed by atoms with Crippen molar-refractivity contribution < 1.29 is 24.3 Å². The normalized spacial score (nSPS) is 22.1. The molecule has 2 unspecified atom stereocenters. The molecule has 1 aromatic rings. The first-order chi connectivity index (χ1) is 10.1. The van der Waals surface area contributed by atoms with Crippen LogP contribution in [0.2, 0.25) is 0 Å². The van der Waals surface area contributed by atoms with Crippen molar-refractivity contribution in [3.8, 4) is 5.75 Å². The van der Waals surface area contributed by atoms with E-state index in [9.17, 15) is 10.0 Å².